The predicted molar refractivity (Wildman–Crippen MR) is 62.8 cm³/mol. The van der Waals surface area contributed by atoms with Crippen LogP contribution in [0.5, 0.6) is 5.75 Å². The quantitative estimate of drug-likeness (QED) is 0.910. The smallest absolute Gasteiger partial charge is 0.387 e. The van der Waals surface area contributed by atoms with Crippen molar-refractivity contribution in [3.05, 3.63) is 23.2 Å². The summed E-state index contributed by atoms with van der Waals surface area (Å²) >= 11 is 5.68. The lowest BCUT2D eigenvalue weighted by Gasteiger charge is -2.34. The molecule has 1 aliphatic heterocycles. The van der Waals surface area contributed by atoms with Crippen molar-refractivity contribution in [3.63, 3.8) is 0 Å². The third kappa shape index (κ3) is 2.97. The van der Waals surface area contributed by atoms with Crippen LogP contribution in [0.15, 0.2) is 23.1 Å². The number of halogens is 3. The van der Waals surface area contributed by atoms with Gasteiger partial charge in [0, 0.05) is 13.1 Å². The summed E-state index contributed by atoms with van der Waals surface area (Å²) in [5, 5.41) is 8.87. The lowest BCUT2D eigenvalue weighted by molar-refractivity contribution is -0.0498. The number of benzene rings is 1. The molecule has 2 rings (SSSR count). The summed E-state index contributed by atoms with van der Waals surface area (Å²) in [5.41, 5.74) is 0. The minimum Gasteiger partial charge on any atom is -0.433 e. The molecule has 1 aliphatic rings. The molecular weight excluding hydrogens is 304 g/mol. The average Bonchev–Trinajstić information content (AvgIpc) is 2.27. The maximum absolute atomic E-state index is 12.0. The number of ether oxygens (including phenoxy) is 1. The monoisotopic (exact) mass is 313 g/mol. The SMILES string of the molecule is O=S(=O)(c1ccc(OC(F)F)c(Cl)c1)N1CC(O)C1. The number of alkyl halides is 2. The number of rotatable bonds is 4. The fourth-order valence-electron chi connectivity index (χ4n) is 1.60. The van der Waals surface area contributed by atoms with Crippen LogP contribution in [-0.4, -0.2) is 43.6 Å². The van der Waals surface area contributed by atoms with Gasteiger partial charge in [-0.2, -0.15) is 13.1 Å². The van der Waals surface area contributed by atoms with Crippen molar-refractivity contribution in [1.82, 2.24) is 4.31 Å². The first-order chi connectivity index (χ1) is 8.80. The molecule has 9 heteroatoms. The van der Waals surface area contributed by atoms with Gasteiger partial charge in [0.1, 0.15) is 5.75 Å². The Kier molecular flexibility index (Phi) is 3.95. The summed E-state index contributed by atoms with van der Waals surface area (Å²) in [6.07, 6.45) is -0.674. The van der Waals surface area contributed by atoms with Gasteiger partial charge in [-0.25, -0.2) is 8.42 Å². The van der Waals surface area contributed by atoms with Crippen LogP contribution in [0.1, 0.15) is 0 Å². The second-order valence-corrected chi connectivity index (χ2v) is 6.29. The van der Waals surface area contributed by atoms with Gasteiger partial charge in [0.2, 0.25) is 10.0 Å². The molecule has 0 amide bonds. The van der Waals surface area contributed by atoms with E-state index in [0.717, 1.165) is 22.5 Å². The highest BCUT2D eigenvalue weighted by Crippen LogP contribution is 2.30. The molecule has 5 nitrogen and oxygen atoms in total. The van der Waals surface area contributed by atoms with E-state index >= 15 is 0 Å². The molecule has 1 saturated heterocycles. The lowest BCUT2D eigenvalue weighted by Crippen LogP contribution is -2.53. The molecule has 1 fully saturated rings. The van der Waals surface area contributed by atoms with Gasteiger partial charge in [0.15, 0.2) is 0 Å². The van der Waals surface area contributed by atoms with Crippen molar-refractivity contribution in [2.24, 2.45) is 0 Å². The molecular formula is C10H10ClF2NO4S. The first kappa shape index (κ1) is 14.4. The van der Waals surface area contributed by atoms with E-state index in [9.17, 15) is 17.2 Å². The van der Waals surface area contributed by atoms with Crippen LogP contribution in [0.3, 0.4) is 0 Å². The van der Waals surface area contributed by atoms with Crippen molar-refractivity contribution in [2.45, 2.75) is 17.6 Å². The topological polar surface area (TPSA) is 66.8 Å². The predicted octanol–water partition coefficient (Wildman–Crippen LogP) is 1.31. The number of aliphatic hydroxyl groups excluding tert-OH is 1. The minimum atomic E-state index is -3.76. The van der Waals surface area contributed by atoms with E-state index in [4.69, 9.17) is 16.7 Å². The van der Waals surface area contributed by atoms with E-state index in [1.165, 1.54) is 0 Å². The average molecular weight is 314 g/mol. The van der Waals surface area contributed by atoms with Gasteiger partial charge in [-0.1, -0.05) is 11.6 Å². The molecule has 0 saturated carbocycles. The van der Waals surface area contributed by atoms with Crippen LogP contribution < -0.4 is 4.74 Å². The molecule has 0 unspecified atom stereocenters. The zero-order valence-corrected chi connectivity index (χ0v) is 11.0. The molecule has 0 atom stereocenters. The maximum Gasteiger partial charge on any atom is 0.387 e. The van der Waals surface area contributed by atoms with E-state index < -0.39 is 22.7 Å². The van der Waals surface area contributed by atoms with E-state index in [-0.39, 0.29) is 28.8 Å². The third-order valence-electron chi connectivity index (χ3n) is 2.59. The highest BCUT2D eigenvalue weighted by Gasteiger charge is 2.35. The van der Waals surface area contributed by atoms with Crippen LogP contribution in [0.2, 0.25) is 5.02 Å². The van der Waals surface area contributed by atoms with E-state index in [1.54, 1.807) is 0 Å². The number of hydrogen-bond acceptors (Lipinski definition) is 4. The second kappa shape index (κ2) is 5.20. The number of hydrogen-bond donors (Lipinski definition) is 1. The molecule has 0 aliphatic carbocycles. The van der Waals surface area contributed by atoms with E-state index in [2.05, 4.69) is 4.74 Å². The highest BCUT2D eigenvalue weighted by atomic mass is 35.5. The summed E-state index contributed by atoms with van der Waals surface area (Å²) in [6, 6.07) is 3.24. The van der Waals surface area contributed by atoms with Crippen molar-refractivity contribution in [2.75, 3.05) is 13.1 Å². The molecule has 19 heavy (non-hydrogen) atoms. The maximum atomic E-state index is 12.0. The van der Waals surface area contributed by atoms with E-state index in [1.807, 2.05) is 0 Å². The van der Waals surface area contributed by atoms with Crippen LogP contribution in [0, 0.1) is 0 Å². The fourth-order valence-corrected chi connectivity index (χ4v) is 3.43. The van der Waals surface area contributed by atoms with Crippen molar-refractivity contribution < 1.29 is 27.0 Å². The molecule has 0 aromatic heterocycles. The number of nitrogens with zero attached hydrogens (tertiary/aromatic N) is 1. The van der Waals surface area contributed by atoms with Gasteiger partial charge in [-0.3, -0.25) is 0 Å². The standard InChI is InChI=1S/C10H10ClF2NO4S/c11-8-3-7(1-2-9(8)18-10(12)13)19(16,17)14-4-6(15)5-14/h1-3,6,10,15H,4-5H2. The Bertz CT molecular complexity index is 575. The second-order valence-electron chi connectivity index (χ2n) is 3.95. The minimum absolute atomic E-state index is 0.00916. The Labute approximate surface area is 113 Å². The summed E-state index contributed by atoms with van der Waals surface area (Å²) in [7, 11) is -3.76. The van der Waals surface area contributed by atoms with Crippen LogP contribution >= 0.6 is 11.6 Å². The van der Waals surface area contributed by atoms with Crippen molar-refractivity contribution >= 4 is 21.6 Å². The van der Waals surface area contributed by atoms with Gasteiger partial charge in [-0.15, -0.1) is 0 Å². The summed E-state index contributed by atoms with van der Waals surface area (Å²) in [4.78, 5) is -0.133. The fraction of sp³-hybridized carbons (Fsp3) is 0.400. The van der Waals surface area contributed by atoms with Gasteiger partial charge in [0.05, 0.1) is 16.0 Å². The molecule has 1 aromatic rings. The van der Waals surface area contributed by atoms with Crippen molar-refractivity contribution in [1.29, 1.82) is 0 Å². The van der Waals surface area contributed by atoms with Gasteiger partial charge < -0.3 is 9.84 Å². The Balaban J connectivity index is 2.24. The highest BCUT2D eigenvalue weighted by molar-refractivity contribution is 7.89. The van der Waals surface area contributed by atoms with Gasteiger partial charge in [-0.05, 0) is 18.2 Å². The summed E-state index contributed by atoms with van der Waals surface area (Å²) in [6.45, 7) is -3.02. The zero-order chi connectivity index (χ0) is 14.2. The van der Waals surface area contributed by atoms with Gasteiger partial charge in [0.25, 0.3) is 0 Å². The number of β-amino-alcohol motifs (C(OH)–C–C–N with tert-alkyl or cyclic N) is 1. The largest absolute Gasteiger partial charge is 0.433 e. The number of aliphatic hydroxyl groups is 1. The number of sulfonamides is 1. The Morgan fingerprint density at radius 3 is 2.53 bits per heavy atom. The zero-order valence-electron chi connectivity index (χ0n) is 9.46. The van der Waals surface area contributed by atoms with Crippen LogP contribution in [0.4, 0.5) is 8.78 Å². The summed E-state index contributed by atoms with van der Waals surface area (Å²) in [5.74, 6) is -0.292. The van der Waals surface area contributed by atoms with Gasteiger partial charge >= 0.3 is 6.61 Å². The third-order valence-corrected chi connectivity index (χ3v) is 4.71. The molecule has 1 aromatic carbocycles. The summed E-state index contributed by atoms with van der Waals surface area (Å²) < 4.78 is 53.3. The molecule has 0 radical (unpaired) electrons. The first-order valence-electron chi connectivity index (χ1n) is 5.23. The molecule has 0 spiro atoms. The Hall–Kier alpha value is -0.960. The van der Waals surface area contributed by atoms with E-state index in [0.29, 0.717) is 0 Å². The lowest BCUT2D eigenvalue weighted by atomic mass is 10.2. The first-order valence-corrected chi connectivity index (χ1v) is 7.05. The normalized spacial score (nSPS) is 17.5. The molecule has 106 valence electrons. The molecule has 1 N–H and O–H groups in total. The van der Waals surface area contributed by atoms with Crippen LogP contribution in [-0.2, 0) is 10.0 Å². The van der Waals surface area contributed by atoms with Crippen LogP contribution in [0.25, 0.3) is 0 Å². The molecule has 1 heterocycles. The van der Waals surface area contributed by atoms with Crippen molar-refractivity contribution in [3.8, 4) is 5.75 Å². The Morgan fingerprint density at radius 2 is 2.05 bits per heavy atom. The Morgan fingerprint density at radius 1 is 1.42 bits per heavy atom. The molecule has 0 bridgehead atoms.